The van der Waals surface area contributed by atoms with E-state index in [1.807, 2.05) is 0 Å². The molecule has 4 rings (SSSR count). The van der Waals surface area contributed by atoms with E-state index in [0.29, 0.717) is 6.04 Å². The standard InChI is InChI=1S/C21H19N/c1-15-7-9-17(10-8-15)21-14-19-13-18(11-12-20(19)22-21)16-5-3-2-4-6-16/h2-13,21-22H,14H2,1H3. The summed E-state index contributed by atoms with van der Waals surface area (Å²) in [6.07, 6.45) is 1.05. The molecule has 0 aliphatic carbocycles. The lowest BCUT2D eigenvalue weighted by Gasteiger charge is -2.11. The van der Waals surface area contributed by atoms with Crippen molar-refractivity contribution in [3.8, 4) is 11.1 Å². The molecule has 1 atom stereocenters. The average molecular weight is 285 g/mol. The SMILES string of the molecule is Cc1ccc(C2Cc3cc(-c4ccccc4)ccc3N2)cc1. The summed E-state index contributed by atoms with van der Waals surface area (Å²) in [6, 6.07) is 26.6. The van der Waals surface area contributed by atoms with E-state index in [2.05, 4.69) is 85.0 Å². The number of nitrogens with one attached hydrogen (secondary N) is 1. The van der Waals surface area contributed by atoms with Crippen LogP contribution in [0.1, 0.15) is 22.7 Å². The molecule has 0 saturated heterocycles. The maximum absolute atomic E-state index is 3.65. The normalized spacial score (nSPS) is 16.1. The van der Waals surface area contributed by atoms with Gasteiger partial charge in [0.2, 0.25) is 0 Å². The molecule has 1 unspecified atom stereocenters. The summed E-state index contributed by atoms with van der Waals surface area (Å²) in [6.45, 7) is 2.13. The molecule has 0 amide bonds. The van der Waals surface area contributed by atoms with Gasteiger partial charge in [-0.1, -0.05) is 66.2 Å². The van der Waals surface area contributed by atoms with Gasteiger partial charge in [-0.25, -0.2) is 0 Å². The fourth-order valence-corrected chi connectivity index (χ4v) is 3.17. The molecule has 1 nitrogen and oxygen atoms in total. The summed E-state index contributed by atoms with van der Waals surface area (Å²) < 4.78 is 0. The number of benzene rings is 3. The monoisotopic (exact) mass is 285 g/mol. The minimum atomic E-state index is 0.390. The molecule has 0 saturated carbocycles. The van der Waals surface area contributed by atoms with E-state index >= 15 is 0 Å². The highest BCUT2D eigenvalue weighted by Gasteiger charge is 2.22. The van der Waals surface area contributed by atoms with Crippen LogP contribution in [0.3, 0.4) is 0 Å². The van der Waals surface area contributed by atoms with Crippen LogP contribution in [0.4, 0.5) is 5.69 Å². The van der Waals surface area contributed by atoms with Crippen LogP contribution in [0.15, 0.2) is 72.8 Å². The van der Waals surface area contributed by atoms with Gasteiger partial charge in [-0.05, 0) is 47.7 Å². The molecule has 0 spiro atoms. The van der Waals surface area contributed by atoms with E-state index in [1.165, 1.54) is 33.5 Å². The highest BCUT2D eigenvalue weighted by atomic mass is 14.9. The molecular weight excluding hydrogens is 266 g/mol. The lowest BCUT2D eigenvalue weighted by molar-refractivity contribution is 0.824. The van der Waals surface area contributed by atoms with Gasteiger partial charge in [-0.3, -0.25) is 0 Å². The zero-order valence-electron chi connectivity index (χ0n) is 12.7. The summed E-state index contributed by atoms with van der Waals surface area (Å²) in [4.78, 5) is 0. The Morgan fingerprint density at radius 1 is 0.818 bits per heavy atom. The first-order valence-corrected chi connectivity index (χ1v) is 7.81. The van der Waals surface area contributed by atoms with Gasteiger partial charge in [0, 0.05) is 5.69 Å². The van der Waals surface area contributed by atoms with E-state index in [9.17, 15) is 0 Å². The molecule has 0 bridgehead atoms. The Morgan fingerprint density at radius 3 is 2.36 bits per heavy atom. The Morgan fingerprint density at radius 2 is 1.59 bits per heavy atom. The smallest absolute Gasteiger partial charge is 0.0555 e. The maximum Gasteiger partial charge on any atom is 0.0555 e. The first-order valence-electron chi connectivity index (χ1n) is 7.81. The lowest BCUT2D eigenvalue weighted by Crippen LogP contribution is -2.05. The molecule has 1 heteroatoms. The van der Waals surface area contributed by atoms with Crippen LogP contribution in [-0.2, 0) is 6.42 Å². The van der Waals surface area contributed by atoms with Gasteiger partial charge < -0.3 is 5.32 Å². The van der Waals surface area contributed by atoms with E-state index in [1.54, 1.807) is 0 Å². The van der Waals surface area contributed by atoms with Gasteiger partial charge >= 0.3 is 0 Å². The summed E-state index contributed by atoms with van der Waals surface area (Å²) >= 11 is 0. The Hall–Kier alpha value is -2.54. The van der Waals surface area contributed by atoms with Gasteiger partial charge in [-0.15, -0.1) is 0 Å². The van der Waals surface area contributed by atoms with Crippen molar-refractivity contribution in [2.75, 3.05) is 5.32 Å². The molecule has 3 aromatic carbocycles. The van der Waals surface area contributed by atoms with Crippen LogP contribution in [0.25, 0.3) is 11.1 Å². The predicted octanol–water partition coefficient (Wildman–Crippen LogP) is 5.37. The lowest BCUT2D eigenvalue weighted by atomic mass is 9.99. The second-order valence-corrected chi connectivity index (χ2v) is 6.05. The van der Waals surface area contributed by atoms with Gasteiger partial charge in [0.1, 0.15) is 0 Å². The molecule has 1 aliphatic rings. The Bertz CT molecular complexity index is 788. The van der Waals surface area contributed by atoms with E-state index < -0.39 is 0 Å². The van der Waals surface area contributed by atoms with Crippen LogP contribution in [-0.4, -0.2) is 0 Å². The molecule has 1 heterocycles. The van der Waals surface area contributed by atoms with Crippen molar-refractivity contribution in [1.29, 1.82) is 0 Å². The summed E-state index contributed by atoms with van der Waals surface area (Å²) in [5.41, 5.74) is 7.93. The molecule has 3 aromatic rings. The van der Waals surface area contributed by atoms with Crippen molar-refractivity contribution >= 4 is 5.69 Å². The summed E-state index contributed by atoms with van der Waals surface area (Å²) in [5, 5.41) is 3.65. The number of hydrogen-bond acceptors (Lipinski definition) is 1. The molecule has 108 valence electrons. The minimum Gasteiger partial charge on any atom is -0.378 e. The highest BCUT2D eigenvalue weighted by molar-refractivity contribution is 5.70. The van der Waals surface area contributed by atoms with Gasteiger partial charge in [0.25, 0.3) is 0 Å². The first-order chi connectivity index (χ1) is 10.8. The van der Waals surface area contributed by atoms with E-state index in [4.69, 9.17) is 0 Å². The third-order valence-corrected chi connectivity index (χ3v) is 4.45. The number of fused-ring (bicyclic) bond motifs is 1. The molecular formula is C21H19N. The van der Waals surface area contributed by atoms with Crippen LogP contribution in [0.5, 0.6) is 0 Å². The van der Waals surface area contributed by atoms with Crippen molar-refractivity contribution in [3.63, 3.8) is 0 Å². The van der Waals surface area contributed by atoms with Crippen molar-refractivity contribution in [3.05, 3.63) is 89.5 Å². The Kier molecular flexibility index (Phi) is 3.19. The van der Waals surface area contributed by atoms with Crippen molar-refractivity contribution in [2.24, 2.45) is 0 Å². The quantitative estimate of drug-likeness (QED) is 0.667. The van der Waals surface area contributed by atoms with Crippen molar-refractivity contribution in [2.45, 2.75) is 19.4 Å². The van der Waals surface area contributed by atoms with Crippen molar-refractivity contribution in [1.82, 2.24) is 0 Å². The zero-order chi connectivity index (χ0) is 14.9. The Labute approximate surface area is 131 Å². The molecule has 0 fully saturated rings. The van der Waals surface area contributed by atoms with E-state index in [0.717, 1.165) is 6.42 Å². The van der Waals surface area contributed by atoms with Crippen LogP contribution < -0.4 is 5.32 Å². The third kappa shape index (κ3) is 2.39. The largest absolute Gasteiger partial charge is 0.378 e. The fourth-order valence-electron chi connectivity index (χ4n) is 3.17. The topological polar surface area (TPSA) is 12.0 Å². The van der Waals surface area contributed by atoms with Gasteiger partial charge in [0.05, 0.1) is 6.04 Å². The molecule has 1 aliphatic heterocycles. The predicted molar refractivity (Wildman–Crippen MR) is 93.1 cm³/mol. The zero-order valence-corrected chi connectivity index (χ0v) is 12.7. The van der Waals surface area contributed by atoms with Gasteiger partial charge in [-0.2, -0.15) is 0 Å². The summed E-state index contributed by atoms with van der Waals surface area (Å²) in [7, 11) is 0. The van der Waals surface area contributed by atoms with Crippen LogP contribution >= 0.6 is 0 Å². The average Bonchev–Trinajstić information content (AvgIpc) is 2.99. The summed E-state index contributed by atoms with van der Waals surface area (Å²) in [5.74, 6) is 0. The second kappa shape index (κ2) is 5.34. The fraction of sp³-hybridized carbons (Fsp3) is 0.143. The molecule has 1 N–H and O–H groups in total. The Balaban J connectivity index is 1.63. The molecule has 0 aromatic heterocycles. The molecule has 0 radical (unpaired) electrons. The van der Waals surface area contributed by atoms with Crippen LogP contribution in [0.2, 0.25) is 0 Å². The number of rotatable bonds is 2. The third-order valence-electron chi connectivity index (χ3n) is 4.45. The van der Waals surface area contributed by atoms with Crippen LogP contribution in [0, 0.1) is 6.92 Å². The van der Waals surface area contributed by atoms with E-state index in [-0.39, 0.29) is 0 Å². The molecule has 22 heavy (non-hydrogen) atoms. The highest BCUT2D eigenvalue weighted by Crippen LogP contribution is 2.36. The number of anilines is 1. The maximum atomic E-state index is 3.65. The number of hydrogen-bond donors (Lipinski definition) is 1. The first kappa shape index (κ1) is 13.1. The van der Waals surface area contributed by atoms with Crippen molar-refractivity contribution < 1.29 is 0 Å². The second-order valence-electron chi connectivity index (χ2n) is 6.05. The number of aryl methyl sites for hydroxylation is 1. The van der Waals surface area contributed by atoms with Gasteiger partial charge in [0.15, 0.2) is 0 Å². The minimum absolute atomic E-state index is 0.390.